The third-order valence-electron chi connectivity index (χ3n) is 15.1. The van der Waals surface area contributed by atoms with Crippen molar-refractivity contribution < 1.29 is 29.0 Å². The van der Waals surface area contributed by atoms with Crippen LogP contribution in [0.25, 0.3) is 0 Å². The van der Waals surface area contributed by atoms with Gasteiger partial charge in [-0.05, 0) is 131 Å². The van der Waals surface area contributed by atoms with Crippen LogP contribution in [0, 0.1) is 74.4 Å². The number of allylic oxidation sites excluding steroid dienone is 1. The van der Waals surface area contributed by atoms with Gasteiger partial charge in [0.15, 0.2) is 6.61 Å². The molecule has 5 saturated carbocycles. The number of carboxylic acid groups (broad SMARTS) is 1. The minimum atomic E-state index is -1.15. The molecule has 0 spiro atoms. The number of carbonyl (C=O) groups is 3. The molecule has 0 unspecified atom stereocenters. The monoisotopic (exact) mass is 622 g/mol. The normalized spacial score (nSPS) is 43.4. The molecule has 0 heterocycles. The van der Waals surface area contributed by atoms with Gasteiger partial charge in [0.25, 0.3) is 0 Å². The Morgan fingerprint density at radius 1 is 0.911 bits per heavy atom. The maximum atomic E-state index is 13.8. The first-order chi connectivity index (χ1) is 20.8. The summed E-state index contributed by atoms with van der Waals surface area (Å²) in [6.07, 6.45) is 15.2. The highest BCUT2D eigenvalue weighted by Crippen LogP contribution is 2.77. The fourth-order valence-corrected chi connectivity index (χ4v) is 12.6. The molecule has 6 heteroatoms. The van der Waals surface area contributed by atoms with E-state index in [1.54, 1.807) is 13.8 Å². The molecule has 10 atom stereocenters. The van der Waals surface area contributed by atoms with Gasteiger partial charge in [-0.15, -0.1) is 6.42 Å². The summed E-state index contributed by atoms with van der Waals surface area (Å²) in [7, 11) is 0. The van der Waals surface area contributed by atoms with Gasteiger partial charge in [-0.3, -0.25) is 14.4 Å². The lowest BCUT2D eigenvalue weighted by atomic mass is 9.32. The molecule has 0 saturated heterocycles. The van der Waals surface area contributed by atoms with E-state index in [9.17, 15) is 19.5 Å². The SMILES string of the molecule is C#CCOC(=O)[C@]12CC[C@@H](C(=C)C)[C@@H]1[C@H]1CC[C@@H]3[C@@]4(C)CC[C@H](OC(=O)CC(C)(C)C(=O)O)C(C)(C)[C@@H]4CC[C@@]3(C)[C@]1(C)CC2. The van der Waals surface area contributed by atoms with E-state index in [1.807, 2.05) is 0 Å². The highest BCUT2D eigenvalue weighted by atomic mass is 16.5. The number of esters is 2. The number of carbonyl (C=O) groups excluding carboxylic acids is 2. The number of rotatable bonds is 7. The zero-order chi connectivity index (χ0) is 33.4. The summed E-state index contributed by atoms with van der Waals surface area (Å²) in [5, 5.41) is 9.55. The maximum absolute atomic E-state index is 13.8. The fraction of sp³-hybridized carbons (Fsp3) is 0.821. The van der Waals surface area contributed by atoms with E-state index in [0.717, 1.165) is 64.2 Å². The molecular weight excluding hydrogens is 564 g/mol. The van der Waals surface area contributed by atoms with Crippen LogP contribution in [0.1, 0.15) is 126 Å². The van der Waals surface area contributed by atoms with Gasteiger partial charge in [0.05, 0.1) is 17.3 Å². The van der Waals surface area contributed by atoms with Crippen molar-refractivity contribution >= 4 is 17.9 Å². The van der Waals surface area contributed by atoms with Crippen LogP contribution >= 0.6 is 0 Å². The number of aliphatic carboxylic acids is 1. The first kappa shape index (κ1) is 34.1. The standard InChI is InChI=1S/C39H58O6/c1-11-22-44-33(43)39-19-14-25(24(2)3)31(39)26-12-13-28-36(8)17-16-29(45-30(40)23-34(4,5)32(41)42)35(6,7)27(36)15-18-38(28,10)37(26,9)20-21-39/h1,25-29,31H,2,12-23H2,3-10H3,(H,41,42)/t25-,26+,27-,28+,29-,31+,36-,37+,38+,39-/m0/s1. The molecule has 0 aliphatic heterocycles. The molecule has 1 N–H and O–H groups in total. The summed E-state index contributed by atoms with van der Waals surface area (Å²) >= 11 is 0. The Morgan fingerprint density at radius 3 is 2.22 bits per heavy atom. The number of carboxylic acids is 1. The first-order valence-corrected chi connectivity index (χ1v) is 17.5. The van der Waals surface area contributed by atoms with E-state index in [0.29, 0.717) is 23.7 Å². The van der Waals surface area contributed by atoms with Crippen LogP contribution in [0.4, 0.5) is 0 Å². The predicted octanol–water partition coefficient (Wildman–Crippen LogP) is 8.23. The van der Waals surface area contributed by atoms with E-state index in [-0.39, 0.29) is 52.7 Å². The van der Waals surface area contributed by atoms with Gasteiger partial charge < -0.3 is 14.6 Å². The molecule has 250 valence electrons. The molecule has 5 rings (SSSR count). The van der Waals surface area contributed by atoms with Crippen molar-refractivity contribution in [3.8, 4) is 12.3 Å². The summed E-state index contributed by atoms with van der Waals surface area (Å²) in [4.78, 5) is 38.4. The van der Waals surface area contributed by atoms with E-state index < -0.39 is 22.8 Å². The first-order valence-electron chi connectivity index (χ1n) is 17.5. The van der Waals surface area contributed by atoms with Crippen molar-refractivity contribution in [3.05, 3.63) is 12.2 Å². The van der Waals surface area contributed by atoms with Gasteiger partial charge in [0.1, 0.15) is 6.10 Å². The minimum Gasteiger partial charge on any atom is -0.481 e. The Labute approximate surface area is 271 Å². The molecule has 5 aliphatic carbocycles. The Balaban J connectivity index is 1.42. The average molecular weight is 623 g/mol. The smallest absolute Gasteiger partial charge is 0.313 e. The van der Waals surface area contributed by atoms with Crippen molar-refractivity contribution in [3.63, 3.8) is 0 Å². The van der Waals surface area contributed by atoms with E-state index in [2.05, 4.69) is 54.0 Å². The van der Waals surface area contributed by atoms with Crippen molar-refractivity contribution in [1.82, 2.24) is 0 Å². The zero-order valence-corrected chi connectivity index (χ0v) is 29.2. The lowest BCUT2D eigenvalue weighted by Gasteiger charge is -2.72. The molecule has 6 nitrogen and oxygen atoms in total. The Bertz CT molecular complexity index is 1290. The van der Waals surface area contributed by atoms with Crippen molar-refractivity contribution in [1.29, 1.82) is 0 Å². The van der Waals surface area contributed by atoms with Crippen LogP contribution in [0.3, 0.4) is 0 Å². The van der Waals surface area contributed by atoms with Crippen LogP contribution in [0.2, 0.25) is 0 Å². The molecule has 45 heavy (non-hydrogen) atoms. The van der Waals surface area contributed by atoms with E-state index in [1.165, 1.54) is 5.57 Å². The largest absolute Gasteiger partial charge is 0.481 e. The molecular formula is C39H58O6. The van der Waals surface area contributed by atoms with Crippen LogP contribution in [0.5, 0.6) is 0 Å². The molecule has 0 radical (unpaired) electrons. The van der Waals surface area contributed by atoms with Crippen molar-refractivity contribution in [2.24, 2.45) is 62.1 Å². The summed E-state index contributed by atoms with van der Waals surface area (Å²) in [6, 6.07) is 0. The number of hydrogen-bond donors (Lipinski definition) is 1. The van der Waals surface area contributed by atoms with Gasteiger partial charge in [0, 0.05) is 5.41 Å². The lowest BCUT2D eigenvalue weighted by Crippen LogP contribution is -2.67. The van der Waals surface area contributed by atoms with Gasteiger partial charge in [0.2, 0.25) is 0 Å². The average Bonchev–Trinajstić information content (AvgIpc) is 3.34. The molecule has 5 aliphatic rings. The molecule has 0 aromatic carbocycles. The van der Waals surface area contributed by atoms with Gasteiger partial charge in [-0.2, -0.15) is 0 Å². The van der Waals surface area contributed by atoms with Gasteiger partial charge in [-0.25, -0.2) is 0 Å². The second-order valence-electron chi connectivity index (χ2n) is 17.8. The Morgan fingerprint density at radius 2 is 1.60 bits per heavy atom. The second kappa shape index (κ2) is 11.2. The van der Waals surface area contributed by atoms with Gasteiger partial charge in [-0.1, -0.05) is 52.7 Å². The fourth-order valence-electron chi connectivity index (χ4n) is 12.6. The zero-order valence-electron chi connectivity index (χ0n) is 29.2. The topological polar surface area (TPSA) is 89.9 Å². The molecule has 0 amide bonds. The molecule has 0 bridgehead atoms. The van der Waals surface area contributed by atoms with Crippen molar-refractivity contribution in [2.75, 3.05) is 6.61 Å². The third kappa shape index (κ3) is 4.91. The summed E-state index contributed by atoms with van der Waals surface area (Å²) in [6.45, 7) is 22.0. The minimum absolute atomic E-state index is 0.0376. The van der Waals surface area contributed by atoms with E-state index >= 15 is 0 Å². The third-order valence-corrected chi connectivity index (χ3v) is 15.1. The lowest BCUT2D eigenvalue weighted by molar-refractivity contribution is -0.251. The van der Waals surface area contributed by atoms with Crippen LogP contribution in [0.15, 0.2) is 12.2 Å². The molecule has 0 aromatic rings. The number of hydrogen-bond acceptors (Lipinski definition) is 5. The Hall–Kier alpha value is -2.29. The van der Waals surface area contributed by atoms with Gasteiger partial charge >= 0.3 is 17.9 Å². The van der Waals surface area contributed by atoms with E-state index in [4.69, 9.17) is 15.9 Å². The molecule has 5 fully saturated rings. The van der Waals surface area contributed by atoms with Crippen LogP contribution in [-0.4, -0.2) is 35.7 Å². The van der Waals surface area contributed by atoms with Crippen LogP contribution in [-0.2, 0) is 23.9 Å². The summed E-state index contributed by atoms with van der Waals surface area (Å²) < 4.78 is 11.9. The van der Waals surface area contributed by atoms with Crippen LogP contribution < -0.4 is 0 Å². The highest BCUT2D eigenvalue weighted by Gasteiger charge is 2.72. The highest BCUT2D eigenvalue weighted by molar-refractivity contribution is 5.81. The summed E-state index contributed by atoms with van der Waals surface area (Å²) in [5.74, 6) is 2.97. The number of fused-ring (bicyclic) bond motifs is 7. The molecule has 0 aromatic heterocycles. The Kier molecular flexibility index (Phi) is 8.44. The summed E-state index contributed by atoms with van der Waals surface area (Å²) in [5.41, 5.74) is -0.301. The maximum Gasteiger partial charge on any atom is 0.313 e. The predicted molar refractivity (Wildman–Crippen MR) is 175 cm³/mol. The number of ether oxygens (including phenoxy) is 2. The van der Waals surface area contributed by atoms with Crippen molar-refractivity contribution in [2.45, 2.75) is 132 Å². The second-order valence-corrected chi connectivity index (χ2v) is 17.8. The quantitative estimate of drug-likeness (QED) is 0.175. The number of terminal acetylenes is 1.